The lowest BCUT2D eigenvalue weighted by molar-refractivity contribution is 0.752. The van der Waals surface area contributed by atoms with Crippen molar-refractivity contribution in [2.75, 3.05) is 0 Å². The molecule has 0 fully saturated rings. The lowest BCUT2D eigenvalue weighted by Crippen LogP contribution is -2.75. The number of hydrogen-bond acceptors (Lipinski definition) is 0. The number of aromatic nitrogens is 2. The van der Waals surface area contributed by atoms with Crippen LogP contribution in [0.4, 0.5) is 0 Å². The van der Waals surface area contributed by atoms with Crippen LogP contribution in [0.15, 0.2) is 291 Å². The van der Waals surface area contributed by atoms with Gasteiger partial charge in [0.1, 0.15) is 0 Å². The molecule has 77 heavy (non-hydrogen) atoms. The van der Waals surface area contributed by atoms with E-state index in [9.17, 15) is 0 Å². The van der Waals surface area contributed by atoms with Crippen molar-refractivity contribution in [3.8, 4) is 33.6 Å². The predicted octanol–water partition coefficient (Wildman–Crippen LogP) is 15.6. The van der Waals surface area contributed by atoms with Crippen molar-refractivity contribution in [1.82, 2.24) is 9.13 Å². The second kappa shape index (κ2) is 17.3. The van der Waals surface area contributed by atoms with Crippen LogP contribution in [0.25, 0.3) is 77.2 Å². The highest BCUT2D eigenvalue weighted by atomic mass is 28.3. The zero-order valence-corrected chi connectivity index (χ0v) is 43.3. The summed E-state index contributed by atoms with van der Waals surface area (Å²) < 4.78 is 4.99. The third-order valence-electron chi connectivity index (χ3n) is 17.2. The Hall–Kier alpha value is -9.54. The Kier molecular flexibility index (Phi) is 9.82. The van der Waals surface area contributed by atoms with Gasteiger partial charge in [0.15, 0.2) is 8.07 Å². The Morgan fingerprint density at radius 1 is 0.260 bits per heavy atom. The summed E-state index contributed by atoms with van der Waals surface area (Å²) in [6, 6.07) is 110. The Labute approximate surface area is 449 Å². The van der Waals surface area contributed by atoms with Crippen molar-refractivity contribution >= 4 is 72.4 Å². The van der Waals surface area contributed by atoms with Crippen molar-refractivity contribution in [3.63, 3.8) is 0 Å². The molecule has 2 aromatic heterocycles. The summed E-state index contributed by atoms with van der Waals surface area (Å²) in [4.78, 5) is 0. The fraction of sp³-hybridized carbons (Fsp3) is 0.0270. The first kappa shape index (κ1) is 43.8. The van der Waals surface area contributed by atoms with Crippen molar-refractivity contribution in [3.05, 3.63) is 325 Å². The fourth-order valence-corrected chi connectivity index (χ4v) is 19.2. The van der Waals surface area contributed by atoms with Gasteiger partial charge in [0.05, 0.1) is 27.8 Å². The molecule has 14 aromatic rings. The van der Waals surface area contributed by atoms with Gasteiger partial charge in [-0.3, -0.25) is 0 Å². The molecule has 2 atom stereocenters. The first-order valence-electron chi connectivity index (χ1n) is 27.0. The van der Waals surface area contributed by atoms with E-state index < -0.39 is 8.07 Å². The average molecular weight is 995 g/mol. The van der Waals surface area contributed by atoms with Crippen LogP contribution >= 0.6 is 0 Å². The van der Waals surface area contributed by atoms with Gasteiger partial charge in [-0.15, -0.1) is 0 Å². The van der Waals surface area contributed by atoms with Gasteiger partial charge >= 0.3 is 0 Å². The molecule has 2 bridgehead atoms. The van der Waals surface area contributed by atoms with Gasteiger partial charge in [0, 0.05) is 39.1 Å². The van der Waals surface area contributed by atoms with Crippen molar-refractivity contribution in [2.45, 2.75) is 11.8 Å². The van der Waals surface area contributed by atoms with Gasteiger partial charge in [0.25, 0.3) is 0 Å². The van der Waals surface area contributed by atoms with Gasteiger partial charge in [-0.1, -0.05) is 237 Å². The standard InChI is InChI=1S/C74H50N2Si/c1-5-22-49(23-6-1)50-24-19-31-56(46-50)77(54-27-9-3-10-28-54,55-29-11-4-12-30-55)70-41-21-37-62-71-59-34-13-14-35-60(59)74(73(62)70)72-61(71)36-20-40-69(72)76-66-39-18-16-33-58(66)64-48-52(43-45-68(64)76)51-42-44-67-63(47-51)57-32-15-17-38-65(57)75(67)53-25-7-2-8-26-53/h1-48,71,74H. The number of benzene rings is 12. The van der Waals surface area contributed by atoms with E-state index in [4.69, 9.17) is 0 Å². The van der Waals surface area contributed by atoms with E-state index in [-0.39, 0.29) is 11.8 Å². The van der Waals surface area contributed by atoms with Gasteiger partial charge < -0.3 is 9.13 Å². The van der Waals surface area contributed by atoms with Crippen LogP contribution in [-0.2, 0) is 0 Å². The lowest BCUT2D eigenvalue weighted by atomic mass is 9.60. The van der Waals surface area contributed by atoms with Crippen molar-refractivity contribution in [1.29, 1.82) is 0 Å². The third kappa shape index (κ3) is 6.42. The van der Waals surface area contributed by atoms with E-state index in [0.29, 0.717) is 0 Å². The highest BCUT2D eigenvalue weighted by Gasteiger charge is 2.50. The average Bonchev–Trinajstić information content (AvgIpc) is 4.07. The van der Waals surface area contributed by atoms with Crippen LogP contribution in [0, 0.1) is 0 Å². The maximum Gasteiger partial charge on any atom is 0.179 e. The van der Waals surface area contributed by atoms with Crippen LogP contribution in [0.5, 0.6) is 0 Å². The maximum atomic E-state index is 2.60. The number of fused-ring (bicyclic) bond motifs is 6. The Morgan fingerprint density at radius 2 is 0.701 bits per heavy atom. The summed E-state index contributed by atoms with van der Waals surface area (Å²) in [6.07, 6.45) is 0. The number of hydrogen-bond donors (Lipinski definition) is 0. The highest BCUT2D eigenvalue weighted by Crippen LogP contribution is 2.57. The van der Waals surface area contributed by atoms with E-state index in [0.717, 1.165) is 0 Å². The first-order valence-corrected chi connectivity index (χ1v) is 29.0. The maximum absolute atomic E-state index is 3.09. The molecule has 12 aromatic carbocycles. The molecular weight excluding hydrogens is 945 g/mol. The molecule has 3 aliphatic carbocycles. The van der Waals surface area contributed by atoms with Gasteiger partial charge in [-0.2, -0.15) is 0 Å². The van der Waals surface area contributed by atoms with Crippen molar-refractivity contribution < 1.29 is 0 Å². The van der Waals surface area contributed by atoms with E-state index in [2.05, 4.69) is 300 Å². The third-order valence-corrected chi connectivity index (χ3v) is 22.0. The Bertz CT molecular complexity index is 4590. The second-order valence-corrected chi connectivity index (χ2v) is 24.8. The minimum atomic E-state index is -3.09. The van der Waals surface area contributed by atoms with Crippen LogP contribution < -0.4 is 20.7 Å². The monoisotopic (exact) mass is 994 g/mol. The van der Waals surface area contributed by atoms with Crippen LogP contribution in [0.2, 0.25) is 0 Å². The fourth-order valence-electron chi connectivity index (χ4n) is 14.1. The van der Waals surface area contributed by atoms with Gasteiger partial charge in [-0.05, 0) is 131 Å². The molecule has 2 unspecified atom stereocenters. The SMILES string of the molecule is c1ccc(-c2cccc([Si](c3ccccc3)(c3ccccc3)c3cccc4c3C3c5ccccc5C4c4cccc(-n5c6ccccc6c6cc(-c7ccc8c(c7)c7ccccc7n8-c7ccccc7)ccc65)c43)c2)cc1. The predicted molar refractivity (Wildman–Crippen MR) is 324 cm³/mol. The Balaban J connectivity index is 0.928. The lowest BCUT2D eigenvalue weighted by Gasteiger charge is -2.47. The van der Waals surface area contributed by atoms with E-state index in [1.54, 1.807) is 0 Å². The molecule has 360 valence electrons. The largest absolute Gasteiger partial charge is 0.309 e. The molecule has 17 rings (SSSR count). The smallest absolute Gasteiger partial charge is 0.179 e. The van der Waals surface area contributed by atoms with Gasteiger partial charge in [0.2, 0.25) is 0 Å². The molecule has 0 amide bonds. The van der Waals surface area contributed by atoms with Crippen LogP contribution in [-0.4, -0.2) is 17.2 Å². The zero-order chi connectivity index (χ0) is 50.6. The quantitative estimate of drug-likeness (QED) is 0.106. The Morgan fingerprint density at radius 3 is 1.35 bits per heavy atom. The summed E-state index contributed by atoms with van der Waals surface area (Å²) in [5, 5.41) is 10.6. The molecule has 0 radical (unpaired) electrons. The second-order valence-electron chi connectivity index (χ2n) is 21.0. The summed E-state index contributed by atoms with van der Waals surface area (Å²) >= 11 is 0. The summed E-state index contributed by atoms with van der Waals surface area (Å²) in [5.41, 5.74) is 20.7. The first-order chi connectivity index (χ1) is 38.2. The van der Waals surface area contributed by atoms with Crippen LogP contribution in [0.3, 0.4) is 0 Å². The summed E-state index contributed by atoms with van der Waals surface area (Å²) in [6.45, 7) is 0. The molecule has 3 aliphatic rings. The molecule has 0 N–H and O–H groups in total. The molecule has 0 saturated heterocycles. The summed E-state index contributed by atoms with van der Waals surface area (Å²) in [7, 11) is -3.09. The van der Waals surface area contributed by atoms with E-state index >= 15 is 0 Å². The molecule has 0 aliphatic heterocycles. The normalized spacial score (nSPS) is 14.5. The zero-order valence-electron chi connectivity index (χ0n) is 42.3. The summed E-state index contributed by atoms with van der Waals surface area (Å²) in [5.74, 6) is 0.0443. The number of rotatable bonds is 8. The molecule has 3 heteroatoms. The van der Waals surface area contributed by atoms with Crippen molar-refractivity contribution in [2.24, 2.45) is 0 Å². The van der Waals surface area contributed by atoms with E-state index in [1.165, 1.54) is 131 Å². The van der Waals surface area contributed by atoms with E-state index in [1.807, 2.05) is 0 Å². The molecule has 2 heterocycles. The minimum Gasteiger partial charge on any atom is -0.309 e. The highest BCUT2D eigenvalue weighted by molar-refractivity contribution is 7.20. The topological polar surface area (TPSA) is 9.86 Å². The molecule has 2 nitrogen and oxygen atoms in total. The molecule has 0 saturated carbocycles. The number of para-hydroxylation sites is 3. The van der Waals surface area contributed by atoms with Crippen LogP contribution in [0.1, 0.15) is 45.2 Å². The number of nitrogens with zero attached hydrogens (tertiary/aromatic N) is 2. The minimum absolute atomic E-state index is 0.0227. The molecular formula is C74H50N2Si. The van der Waals surface area contributed by atoms with Gasteiger partial charge in [-0.25, -0.2) is 0 Å². The molecule has 0 spiro atoms.